The average Bonchev–Trinajstić information content (AvgIpc) is 2.03. The lowest BCUT2D eigenvalue weighted by atomic mass is 10.3. The smallest absolute Gasteiger partial charge is 0.277 e. The highest BCUT2D eigenvalue weighted by molar-refractivity contribution is 7.87. The Morgan fingerprint density at radius 1 is 1.57 bits per heavy atom. The van der Waals surface area contributed by atoms with Crippen molar-refractivity contribution in [3.8, 4) is 12.3 Å². The third-order valence-electron chi connectivity index (χ3n) is 1.38. The summed E-state index contributed by atoms with van der Waals surface area (Å²) in [5.41, 5.74) is 0. The van der Waals surface area contributed by atoms with E-state index in [0.29, 0.717) is 13.0 Å². The summed E-state index contributed by atoms with van der Waals surface area (Å²) in [6.07, 6.45) is 5.41. The Morgan fingerprint density at radius 2 is 2.21 bits per heavy atom. The highest BCUT2D eigenvalue weighted by Crippen LogP contribution is 1.90. The largest absolute Gasteiger partial charge is 0.383 e. The summed E-state index contributed by atoms with van der Waals surface area (Å²) in [7, 11) is -1.95. The van der Waals surface area contributed by atoms with Crippen LogP contribution in [-0.4, -0.2) is 34.7 Å². The normalized spacial score (nSPS) is 13.5. The molecule has 1 atom stereocenters. The van der Waals surface area contributed by atoms with Crippen LogP contribution in [0.1, 0.15) is 13.3 Å². The standard InChI is InChI=1S/C8H16N2O3S/c1-4-5-8(2)10-14(11,12)9-6-7-13-3/h1,8-10H,5-7H2,2-3H3. The molecule has 82 valence electrons. The summed E-state index contributed by atoms with van der Waals surface area (Å²) < 4.78 is 31.9. The van der Waals surface area contributed by atoms with Crippen LogP contribution in [0.3, 0.4) is 0 Å². The summed E-state index contributed by atoms with van der Waals surface area (Å²) in [5, 5.41) is 0. The molecular formula is C8H16N2O3S. The molecule has 2 N–H and O–H groups in total. The number of ether oxygens (including phenoxy) is 1. The molecule has 0 aromatic carbocycles. The number of hydrogen-bond acceptors (Lipinski definition) is 3. The van der Waals surface area contributed by atoms with Crippen LogP contribution in [0.15, 0.2) is 0 Å². The highest BCUT2D eigenvalue weighted by atomic mass is 32.2. The molecule has 1 unspecified atom stereocenters. The topological polar surface area (TPSA) is 67.4 Å². The SMILES string of the molecule is C#CCC(C)NS(=O)(=O)NCCOC. The van der Waals surface area contributed by atoms with Crippen LogP contribution in [0, 0.1) is 12.3 Å². The summed E-state index contributed by atoms with van der Waals surface area (Å²) in [6.45, 7) is 2.29. The van der Waals surface area contributed by atoms with Crippen molar-refractivity contribution in [3.63, 3.8) is 0 Å². The first-order valence-electron chi connectivity index (χ1n) is 4.21. The molecule has 6 heteroatoms. The van der Waals surface area contributed by atoms with Gasteiger partial charge in [0, 0.05) is 26.1 Å². The van der Waals surface area contributed by atoms with Crippen LogP contribution >= 0.6 is 0 Å². The maximum absolute atomic E-state index is 11.2. The molecule has 0 aliphatic heterocycles. The predicted octanol–water partition coefficient (Wildman–Crippen LogP) is -0.531. The molecule has 0 heterocycles. The number of nitrogens with one attached hydrogen (secondary N) is 2. The van der Waals surface area contributed by atoms with Crippen molar-refractivity contribution in [2.45, 2.75) is 19.4 Å². The zero-order valence-electron chi connectivity index (χ0n) is 8.41. The Morgan fingerprint density at radius 3 is 2.71 bits per heavy atom. The fourth-order valence-corrected chi connectivity index (χ4v) is 1.85. The minimum absolute atomic E-state index is 0.245. The first-order valence-corrected chi connectivity index (χ1v) is 5.69. The van der Waals surface area contributed by atoms with Gasteiger partial charge < -0.3 is 4.74 Å². The molecule has 0 radical (unpaired) electrons. The molecular weight excluding hydrogens is 204 g/mol. The van der Waals surface area contributed by atoms with E-state index in [-0.39, 0.29) is 12.6 Å². The lowest BCUT2D eigenvalue weighted by Crippen LogP contribution is -2.42. The van der Waals surface area contributed by atoms with Gasteiger partial charge in [-0.15, -0.1) is 12.3 Å². The quantitative estimate of drug-likeness (QED) is 0.447. The second-order valence-corrected chi connectivity index (χ2v) is 4.35. The maximum atomic E-state index is 11.2. The molecule has 0 aromatic rings. The van der Waals surface area contributed by atoms with E-state index in [2.05, 4.69) is 15.4 Å². The fraction of sp³-hybridized carbons (Fsp3) is 0.750. The van der Waals surface area contributed by atoms with Crippen molar-refractivity contribution in [2.24, 2.45) is 0 Å². The summed E-state index contributed by atoms with van der Waals surface area (Å²) in [6, 6.07) is -0.264. The third-order valence-corrected chi connectivity index (χ3v) is 2.68. The average molecular weight is 220 g/mol. The van der Waals surface area contributed by atoms with E-state index in [0.717, 1.165) is 0 Å². The Bertz CT molecular complexity index is 281. The van der Waals surface area contributed by atoms with E-state index in [1.807, 2.05) is 0 Å². The van der Waals surface area contributed by atoms with Crippen molar-refractivity contribution < 1.29 is 13.2 Å². The van der Waals surface area contributed by atoms with Gasteiger partial charge in [0.25, 0.3) is 10.2 Å². The molecule has 0 aromatic heterocycles. The Labute approximate surface area is 85.4 Å². The lowest BCUT2D eigenvalue weighted by Gasteiger charge is -2.11. The monoisotopic (exact) mass is 220 g/mol. The molecule has 0 rings (SSSR count). The van der Waals surface area contributed by atoms with Gasteiger partial charge in [0.2, 0.25) is 0 Å². The van der Waals surface area contributed by atoms with Gasteiger partial charge in [0.15, 0.2) is 0 Å². The zero-order chi connectivity index (χ0) is 11.0. The van der Waals surface area contributed by atoms with Crippen LogP contribution in [-0.2, 0) is 14.9 Å². The molecule has 5 nitrogen and oxygen atoms in total. The number of methoxy groups -OCH3 is 1. The molecule has 0 bridgehead atoms. The van der Waals surface area contributed by atoms with E-state index in [4.69, 9.17) is 11.2 Å². The van der Waals surface area contributed by atoms with E-state index < -0.39 is 10.2 Å². The second kappa shape index (κ2) is 6.79. The van der Waals surface area contributed by atoms with Gasteiger partial charge in [0.05, 0.1) is 6.61 Å². The van der Waals surface area contributed by atoms with Crippen LogP contribution < -0.4 is 9.44 Å². The molecule has 14 heavy (non-hydrogen) atoms. The lowest BCUT2D eigenvalue weighted by molar-refractivity contribution is 0.204. The van der Waals surface area contributed by atoms with Crippen LogP contribution in [0.25, 0.3) is 0 Å². The molecule has 0 saturated carbocycles. The molecule has 0 aliphatic carbocycles. The van der Waals surface area contributed by atoms with E-state index >= 15 is 0 Å². The summed E-state index contributed by atoms with van der Waals surface area (Å²) in [4.78, 5) is 0. The first-order chi connectivity index (χ1) is 6.52. The molecule has 0 spiro atoms. The van der Waals surface area contributed by atoms with Crippen molar-refractivity contribution in [1.29, 1.82) is 0 Å². The number of hydrogen-bond donors (Lipinski definition) is 2. The zero-order valence-corrected chi connectivity index (χ0v) is 9.23. The molecule has 0 saturated heterocycles. The van der Waals surface area contributed by atoms with Gasteiger partial charge in [-0.2, -0.15) is 17.9 Å². The second-order valence-electron chi connectivity index (χ2n) is 2.82. The van der Waals surface area contributed by atoms with Gasteiger partial charge in [-0.1, -0.05) is 0 Å². The van der Waals surface area contributed by atoms with Crippen LogP contribution in [0.2, 0.25) is 0 Å². The number of terminal acetylenes is 1. The summed E-state index contributed by atoms with van der Waals surface area (Å²) in [5.74, 6) is 2.38. The Hall–Kier alpha value is -0.610. The summed E-state index contributed by atoms with van der Waals surface area (Å²) >= 11 is 0. The number of rotatable bonds is 7. The van der Waals surface area contributed by atoms with Gasteiger partial charge in [-0.05, 0) is 6.92 Å². The maximum Gasteiger partial charge on any atom is 0.277 e. The van der Waals surface area contributed by atoms with Gasteiger partial charge >= 0.3 is 0 Å². The van der Waals surface area contributed by atoms with Crippen LogP contribution in [0.5, 0.6) is 0 Å². The van der Waals surface area contributed by atoms with Crippen LogP contribution in [0.4, 0.5) is 0 Å². The third kappa shape index (κ3) is 6.86. The predicted molar refractivity (Wildman–Crippen MR) is 54.8 cm³/mol. The molecule has 0 aliphatic rings. The van der Waals surface area contributed by atoms with Gasteiger partial charge in [-0.3, -0.25) is 0 Å². The minimum Gasteiger partial charge on any atom is -0.383 e. The van der Waals surface area contributed by atoms with E-state index in [1.165, 1.54) is 7.11 Å². The first kappa shape index (κ1) is 13.4. The van der Waals surface area contributed by atoms with Gasteiger partial charge in [0.1, 0.15) is 0 Å². The Kier molecular flexibility index (Phi) is 6.49. The highest BCUT2D eigenvalue weighted by Gasteiger charge is 2.11. The van der Waals surface area contributed by atoms with E-state index in [1.54, 1.807) is 6.92 Å². The fourth-order valence-electron chi connectivity index (χ4n) is 0.803. The molecule has 0 amide bonds. The molecule has 0 fully saturated rings. The Balaban J connectivity index is 3.90. The van der Waals surface area contributed by atoms with Crippen molar-refractivity contribution in [2.75, 3.05) is 20.3 Å². The van der Waals surface area contributed by atoms with Crippen molar-refractivity contribution in [1.82, 2.24) is 9.44 Å². The van der Waals surface area contributed by atoms with Crippen molar-refractivity contribution >= 4 is 10.2 Å². The minimum atomic E-state index is -3.45. The van der Waals surface area contributed by atoms with Crippen molar-refractivity contribution in [3.05, 3.63) is 0 Å². The van der Waals surface area contributed by atoms with E-state index in [9.17, 15) is 8.42 Å². The van der Waals surface area contributed by atoms with Gasteiger partial charge in [-0.25, -0.2) is 0 Å².